The van der Waals surface area contributed by atoms with Crippen LogP contribution in [0.4, 0.5) is 0 Å². The lowest BCUT2D eigenvalue weighted by atomic mass is 9.95. The molecule has 6 aromatic heterocycles. The second-order valence-corrected chi connectivity index (χ2v) is 25.2. The molecule has 0 bridgehead atoms. The van der Waals surface area contributed by atoms with Gasteiger partial charge in [-0.2, -0.15) is 0 Å². The van der Waals surface area contributed by atoms with Crippen molar-refractivity contribution in [1.29, 1.82) is 0 Å². The number of esters is 2. The lowest BCUT2D eigenvalue weighted by molar-refractivity contribution is -0.153. The van der Waals surface area contributed by atoms with Gasteiger partial charge in [0.15, 0.2) is 0 Å². The number of H-pyrrole nitrogens is 3. The number of methoxy groups -OCH3 is 2. The molecule has 0 amide bonds. The molecule has 0 aliphatic rings. The Hall–Kier alpha value is -11.2. The summed E-state index contributed by atoms with van der Waals surface area (Å²) in [4.78, 5) is 71.9. The Bertz CT molecular complexity index is 4570. The first kappa shape index (κ1) is 68.6. The number of halogens is 2. The number of aromatic nitrogens is 9. The third-order valence-corrected chi connectivity index (χ3v) is 16.0. The molecular formula is C77H71Cl2N9O9. The number of aliphatic carboxylic acids is 1. The smallest absolute Gasteiger partial charge is 0.314 e. The monoisotopic (exact) mass is 1340 g/mol. The van der Waals surface area contributed by atoms with Gasteiger partial charge in [-0.05, 0) is 156 Å². The molecular weight excluding hydrogens is 1270 g/mol. The van der Waals surface area contributed by atoms with E-state index in [9.17, 15) is 19.5 Å². The van der Waals surface area contributed by atoms with Gasteiger partial charge in [-0.3, -0.25) is 29.3 Å². The number of carboxylic acids is 1. The van der Waals surface area contributed by atoms with Crippen molar-refractivity contribution >= 4 is 41.1 Å². The fourth-order valence-corrected chi connectivity index (χ4v) is 10.1. The summed E-state index contributed by atoms with van der Waals surface area (Å²) >= 11 is 12.7. The fourth-order valence-electron chi connectivity index (χ4n) is 9.59. The topological polar surface area (TPSA) is 242 Å². The molecule has 12 rings (SSSR count). The summed E-state index contributed by atoms with van der Waals surface area (Å²) in [6.45, 7) is 11.0. The van der Waals surface area contributed by atoms with Crippen molar-refractivity contribution in [2.24, 2.45) is 16.2 Å². The number of carbonyl (C=O) groups is 3. The molecule has 12 aromatic rings. The van der Waals surface area contributed by atoms with E-state index < -0.39 is 22.2 Å². The van der Waals surface area contributed by atoms with E-state index in [-0.39, 0.29) is 31.8 Å². The highest BCUT2D eigenvalue weighted by atomic mass is 35.5. The lowest BCUT2D eigenvalue weighted by Crippen LogP contribution is -2.32. The van der Waals surface area contributed by atoms with Gasteiger partial charge in [-0.1, -0.05) is 114 Å². The summed E-state index contributed by atoms with van der Waals surface area (Å²) < 4.78 is 26.8. The first-order chi connectivity index (χ1) is 46.7. The third kappa shape index (κ3) is 17.6. The number of ether oxygens (including phenoxy) is 5. The van der Waals surface area contributed by atoms with Crippen molar-refractivity contribution in [2.45, 2.75) is 41.5 Å². The van der Waals surface area contributed by atoms with Crippen molar-refractivity contribution < 1.29 is 43.2 Å². The maximum atomic E-state index is 11.8. The van der Waals surface area contributed by atoms with E-state index in [0.29, 0.717) is 50.6 Å². The number of hydrogen-bond donors (Lipinski definition) is 4. The van der Waals surface area contributed by atoms with Crippen LogP contribution >= 0.6 is 23.2 Å². The zero-order valence-electron chi connectivity index (χ0n) is 54.6. The van der Waals surface area contributed by atoms with E-state index in [2.05, 4.69) is 44.9 Å². The van der Waals surface area contributed by atoms with Crippen LogP contribution in [0.15, 0.2) is 225 Å². The van der Waals surface area contributed by atoms with Crippen LogP contribution in [0, 0.1) is 16.2 Å². The van der Waals surface area contributed by atoms with Gasteiger partial charge in [0.2, 0.25) is 0 Å². The van der Waals surface area contributed by atoms with E-state index in [1.807, 2.05) is 200 Å². The third-order valence-electron chi connectivity index (χ3n) is 15.5. The quantitative estimate of drug-likeness (QED) is 0.0489. The van der Waals surface area contributed by atoms with Crippen LogP contribution in [0.2, 0.25) is 10.3 Å². The van der Waals surface area contributed by atoms with Crippen molar-refractivity contribution in [1.82, 2.24) is 44.9 Å². The van der Waals surface area contributed by atoms with Gasteiger partial charge in [0.25, 0.3) is 0 Å². The molecule has 0 radical (unpaired) electrons. The summed E-state index contributed by atoms with van der Waals surface area (Å²) in [5.74, 6) is 2.55. The molecule has 0 saturated heterocycles. The molecule has 97 heavy (non-hydrogen) atoms. The molecule has 0 fully saturated rings. The molecule has 4 N–H and O–H groups in total. The van der Waals surface area contributed by atoms with Crippen molar-refractivity contribution in [3.8, 4) is 119 Å². The molecule has 0 aliphatic carbocycles. The molecule has 492 valence electrons. The predicted molar refractivity (Wildman–Crippen MR) is 378 cm³/mol. The number of nitrogens with one attached hydrogen (secondary N) is 3. The van der Waals surface area contributed by atoms with E-state index in [1.54, 1.807) is 66.1 Å². The number of hydrogen-bond acceptors (Lipinski definition) is 14. The molecule has 6 aromatic carbocycles. The molecule has 0 saturated carbocycles. The van der Waals surface area contributed by atoms with E-state index in [1.165, 1.54) is 14.2 Å². The standard InChI is InChI=1S/C26H24ClN3O3.C26H25N3O3.C25H22ClN3O3/c1-26(2,25(31)32-3)16-33-20-12-9-17(10-13-20)21-14-11-19(15-28-21)24-29-22(23(27)30-24)18-7-5-4-6-8-18;1-26(2,25(30)31-3)17-32-21-12-9-19(10-13-21)22-14-11-20(15-27-22)24-28-16-23(29-24)18-7-5-4-6-8-18;1-25(2,24(30)31)15-32-19-11-8-16(9-12-19)20-13-10-18(14-27-20)23-28-21(22(26)29-23)17-6-4-3-5-7-17/h4-15H,16H2,1-3H3,(H,29,30);4-16H,17H2,1-3H3,(H,28,29);3-14H,15H2,1-2H3,(H,28,29)(H,30,31). The number of carboxylic acid groups (broad SMARTS) is 1. The second-order valence-electron chi connectivity index (χ2n) is 24.4. The maximum absolute atomic E-state index is 11.8. The van der Waals surface area contributed by atoms with Gasteiger partial charge < -0.3 is 43.7 Å². The summed E-state index contributed by atoms with van der Waals surface area (Å²) in [5, 5.41) is 10.2. The van der Waals surface area contributed by atoms with E-state index in [0.717, 1.165) is 78.7 Å². The number of carbonyl (C=O) groups excluding carboxylic acids is 2. The van der Waals surface area contributed by atoms with Gasteiger partial charge >= 0.3 is 17.9 Å². The molecule has 18 nitrogen and oxygen atoms in total. The number of nitrogens with zero attached hydrogens (tertiary/aromatic N) is 6. The molecule has 0 unspecified atom stereocenters. The number of pyridine rings is 3. The first-order valence-electron chi connectivity index (χ1n) is 30.9. The molecule has 0 aliphatic heterocycles. The maximum Gasteiger partial charge on any atom is 0.314 e. The fraction of sp³-hybridized carbons (Fsp3) is 0.182. The Morgan fingerprint density at radius 3 is 1.01 bits per heavy atom. The number of rotatable bonds is 21. The van der Waals surface area contributed by atoms with Crippen LogP contribution in [0.1, 0.15) is 41.5 Å². The Labute approximate surface area is 572 Å². The highest BCUT2D eigenvalue weighted by Gasteiger charge is 2.31. The number of imidazole rings is 3. The summed E-state index contributed by atoms with van der Waals surface area (Å²) in [5.41, 5.74) is 10.9. The average Bonchev–Trinajstić information content (AvgIpc) is 1.75. The van der Waals surface area contributed by atoms with E-state index >= 15 is 0 Å². The average molecular weight is 1340 g/mol. The summed E-state index contributed by atoms with van der Waals surface area (Å²) in [6, 6.07) is 64.0. The van der Waals surface area contributed by atoms with Crippen molar-refractivity contribution in [2.75, 3.05) is 34.0 Å². The minimum Gasteiger partial charge on any atom is -0.492 e. The van der Waals surface area contributed by atoms with Gasteiger partial charge in [0.1, 0.15) is 76.2 Å². The predicted octanol–water partition coefficient (Wildman–Crippen LogP) is 17.4. The number of aromatic amines is 3. The summed E-state index contributed by atoms with van der Waals surface area (Å²) in [7, 11) is 2.76. The highest BCUT2D eigenvalue weighted by molar-refractivity contribution is 6.32. The van der Waals surface area contributed by atoms with Crippen LogP contribution in [0.25, 0.3) is 102 Å². The van der Waals surface area contributed by atoms with Gasteiger partial charge in [-0.25, -0.2) is 15.0 Å². The molecule has 0 atom stereocenters. The Balaban J connectivity index is 0.000000158. The Morgan fingerprint density at radius 1 is 0.371 bits per heavy atom. The van der Waals surface area contributed by atoms with Gasteiger partial charge in [-0.15, -0.1) is 0 Å². The largest absolute Gasteiger partial charge is 0.492 e. The SMILES string of the molecule is CC(C)(COc1ccc(-c2ccc(-c3nc(-c4ccccc4)c(Cl)[nH]3)cn2)cc1)C(=O)O.COC(=O)C(C)(C)COc1ccc(-c2ccc(-c3nc(-c4ccccc4)c(Cl)[nH]3)cn2)cc1.COC(=O)C(C)(C)COc1ccc(-c2ccc(-c3ncc(-c4ccccc4)[nH]3)cn2)cc1. The summed E-state index contributed by atoms with van der Waals surface area (Å²) in [6.07, 6.45) is 7.16. The molecule has 0 spiro atoms. The minimum atomic E-state index is -0.953. The van der Waals surface area contributed by atoms with Crippen molar-refractivity contribution in [3.05, 3.63) is 235 Å². The van der Waals surface area contributed by atoms with Crippen LogP contribution in [-0.4, -0.2) is 102 Å². The zero-order valence-corrected chi connectivity index (χ0v) is 56.1. The van der Waals surface area contributed by atoms with Crippen LogP contribution in [-0.2, 0) is 23.9 Å². The molecule has 6 heterocycles. The number of benzene rings is 6. The van der Waals surface area contributed by atoms with Crippen LogP contribution in [0.5, 0.6) is 17.2 Å². The second kappa shape index (κ2) is 30.9. The zero-order chi connectivity index (χ0) is 68.7. The lowest BCUT2D eigenvalue weighted by Gasteiger charge is -2.21. The van der Waals surface area contributed by atoms with Crippen LogP contribution in [0.3, 0.4) is 0 Å². The molecule has 20 heteroatoms. The highest BCUT2D eigenvalue weighted by Crippen LogP contribution is 2.34. The minimum absolute atomic E-state index is 0.0886. The van der Waals surface area contributed by atoms with E-state index in [4.69, 9.17) is 46.9 Å². The normalized spacial score (nSPS) is 11.3. The first-order valence-corrected chi connectivity index (χ1v) is 31.6. The van der Waals surface area contributed by atoms with Gasteiger partial charge in [0.05, 0.1) is 59.4 Å². The van der Waals surface area contributed by atoms with Crippen LogP contribution < -0.4 is 14.2 Å². The van der Waals surface area contributed by atoms with Crippen molar-refractivity contribution in [3.63, 3.8) is 0 Å². The van der Waals surface area contributed by atoms with Gasteiger partial charge in [0, 0.05) is 63.1 Å². The Morgan fingerprint density at radius 2 is 0.691 bits per heavy atom. The Kier molecular flexibility index (Phi) is 21.9.